The second kappa shape index (κ2) is 7.27. The number of hydrogen-bond acceptors (Lipinski definition) is 3. The summed E-state index contributed by atoms with van der Waals surface area (Å²) in [5.74, 6) is 3.10. The van der Waals surface area contributed by atoms with E-state index in [0.717, 1.165) is 48.8 Å². The van der Waals surface area contributed by atoms with Gasteiger partial charge in [0.1, 0.15) is 11.9 Å². The summed E-state index contributed by atoms with van der Waals surface area (Å²) >= 11 is 8.21. The standard InChI is InChI=1S/C14H20ClNOS/c15-13-9-11(3-1-2-7-16)4-5-14(13)17-12-6-8-18-10-12/h4-5,9,12H,1-3,6-8,10,16H2. The van der Waals surface area contributed by atoms with Crippen LogP contribution in [-0.4, -0.2) is 24.2 Å². The van der Waals surface area contributed by atoms with Crippen LogP contribution in [0.25, 0.3) is 0 Å². The third-order valence-corrected chi connectivity index (χ3v) is 4.52. The summed E-state index contributed by atoms with van der Waals surface area (Å²) in [6, 6.07) is 6.14. The number of hydrogen-bond donors (Lipinski definition) is 1. The van der Waals surface area contributed by atoms with Gasteiger partial charge in [0.25, 0.3) is 0 Å². The van der Waals surface area contributed by atoms with Crippen molar-refractivity contribution in [1.82, 2.24) is 0 Å². The minimum Gasteiger partial charge on any atom is -0.488 e. The van der Waals surface area contributed by atoms with E-state index in [-0.39, 0.29) is 0 Å². The summed E-state index contributed by atoms with van der Waals surface area (Å²) in [5.41, 5.74) is 6.76. The predicted molar refractivity (Wildman–Crippen MR) is 79.8 cm³/mol. The Morgan fingerprint density at radius 3 is 2.94 bits per heavy atom. The molecule has 18 heavy (non-hydrogen) atoms. The van der Waals surface area contributed by atoms with E-state index in [2.05, 4.69) is 6.07 Å². The van der Waals surface area contributed by atoms with E-state index in [1.807, 2.05) is 23.9 Å². The van der Waals surface area contributed by atoms with Crippen LogP contribution in [0.1, 0.15) is 24.8 Å². The summed E-state index contributed by atoms with van der Waals surface area (Å²) in [6.45, 7) is 0.758. The molecule has 1 unspecified atom stereocenters. The SMILES string of the molecule is NCCCCc1ccc(OC2CCSC2)c(Cl)c1. The fraction of sp³-hybridized carbons (Fsp3) is 0.571. The number of aryl methyl sites for hydroxylation is 1. The van der Waals surface area contributed by atoms with E-state index >= 15 is 0 Å². The molecule has 0 aromatic heterocycles. The van der Waals surface area contributed by atoms with Crippen LogP contribution in [0.2, 0.25) is 5.02 Å². The lowest BCUT2D eigenvalue weighted by Gasteiger charge is -2.14. The first-order valence-corrected chi connectivity index (χ1v) is 8.06. The van der Waals surface area contributed by atoms with Crippen LogP contribution in [0.4, 0.5) is 0 Å². The molecule has 100 valence electrons. The fourth-order valence-electron chi connectivity index (χ4n) is 2.05. The first kappa shape index (κ1) is 14.0. The highest BCUT2D eigenvalue weighted by molar-refractivity contribution is 7.99. The molecule has 2 rings (SSSR count). The lowest BCUT2D eigenvalue weighted by atomic mass is 10.1. The second-order valence-electron chi connectivity index (χ2n) is 4.61. The van der Waals surface area contributed by atoms with Gasteiger partial charge in [-0.05, 0) is 55.7 Å². The Bertz CT molecular complexity index is 380. The Morgan fingerprint density at radius 2 is 2.28 bits per heavy atom. The van der Waals surface area contributed by atoms with Crippen molar-refractivity contribution >= 4 is 23.4 Å². The van der Waals surface area contributed by atoms with Crippen molar-refractivity contribution in [3.63, 3.8) is 0 Å². The molecule has 2 N–H and O–H groups in total. The summed E-state index contributed by atoms with van der Waals surface area (Å²) in [6.07, 6.45) is 4.67. The topological polar surface area (TPSA) is 35.2 Å². The van der Waals surface area contributed by atoms with E-state index in [0.29, 0.717) is 6.10 Å². The van der Waals surface area contributed by atoms with Crippen molar-refractivity contribution in [2.45, 2.75) is 31.8 Å². The Balaban J connectivity index is 1.91. The maximum absolute atomic E-state index is 6.26. The van der Waals surface area contributed by atoms with Gasteiger partial charge in [0.05, 0.1) is 5.02 Å². The zero-order valence-electron chi connectivity index (χ0n) is 10.5. The number of rotatable bonds is 6. The van der Waals surface area contributed by atoms with Gasteiger partial charge in [0.2, 0.25) is 0 Å². The molecule has 0 aliphatic carbocycles. The van der Waals surface area contributed by atoms with Gasteiger partial charge in [-0.1, -0.05) is 17.7 Å². The zero-order valence-corrected chi connectivity index (χ0v) is 12.1. The number of unbranched alkanes of at least 4 members (excludes halogenated alkanes) is 1. The molecule has 1 aromatic rings. The van der Waals surface area contributed by atoms with Gasteiger partial charge in [0, 0.05) is 5.75 Å². The molecule has 1 aliphatic rings. The Kier molecular flexibility index (Phi) is 5.67. The van der Waals surface area contributed by atoms with Gasteiger partial charge in [0.15, 0.2) is 0 Å². The number of benzene rings is 1. The van der Waals surface area contributed by atoms with E-state index in [4.69, 9.17) is 22.1 Å². The van der Waals surface area contributed by atoms with E-state index in [1.54, 1.807) is 0 Å². The second-order valence-corrected chi connectivity index (χ2v) is 6.17. The van der Waals surface area contributed by atoms with Crippen molar-refractivity contribution in [2.75, 3.05) is 18.1 Å². The minimum absolute atomic E-state index is 0.329. The molecule has 0 bridgehead atoms. The van der Waals surface area contributed by atoms with Gasteiger partial charge in [-0.25, -0.2) is 0 Å². The summed E-state index contributed by atoms with van der Waals surface area (Å²) < 4.78 is 5.91. The summed E-state index contributed by atoms with van der Waals surface area (Å²) in [4.78, 5) is 0. The summed E-state index contributed by atoms with van der Waals surface area (Å²) in [7, 11) is 0. The maximum Gasteiger partial charge on any atom is 0.138 e. The average Bonchev–Trinajstić information content (AvgIpc) is 2.86. The van der Waals surface area contributed by atoms with Crippen LogP contribution < -0.4 is 10.5 Å². The van der Waals surface area contributed by atoms with E-state index in [9.17, 15) is 0 Å². The van der Waals surface area contributed by atoms with Crippen molar-refractivity contribution in [1.29, 1.82) is 0 Å². The molecule has 0 radical (unpaired) electrons. The molecule has 2 nitrogen and oxygen atoms in total. The van der Waals surface area contributed by atoms with Crippen LogP contribution >= 0.6 is 23.4 Å². The molecular formula is C14H20ClNOS. The van der Waals surface area contributed by atoms with Crippen molar-refractivity contribution in [3.8, 4) is 5.75 Å². The smallest absolute Gasteiger partial charge is 0.138 e. The molecule has 1 aromatic carbocycles. The molecule has 4 heteroatoms. The predicted octanol–water partition coefficient (Wildman–Crippen LogP) is 3.51. The van der Waals surface area contributed by atoms with Gasteiger partial charge < -0.3 is 10.5 Å². The van der Waals surface area contributed by atoms with Crippen LogP contribution in [0.3, 0.4) is 0 Å². The first-order valence-electron chi connectivity index (χ1n) is 6.52. The van der Waals surface area contributed by atoms with Crippen molar-refractivity contribution in [3.05, 3.63) is 28.8 Å². The van der Waals surface area contributed by atoms with Gasteiger partial charge in [-0.3, -0.25) is 0 Å². The number of nitrogens with two attached hydrogens (primary N) is 1. The first-order chi connectivity index (χ1) is 8.79. The lowest BCUT2D eigenvalue weighted by molar-refractivity contribution is 0.229. The maximum atomic E-state index is 6.26. The third-order valence-electron chi connectivity index (χ3n) is 3.10. The van der Waals surface area contributed by atoms with Crippen molar-refractivity contribution < 1.29 is 4.74 Å². The lowest BCUT2D eigenvalue weighted by Crippen LogP contribution is -2.14. The normalized spacial score (nSPS) is 19.1. The molecule has 1 saturated heterocycles. The molecule has 1 aliphatic heterocycles. The molecule has 0 saturated carbocycles. The number of thioether (sulfide) groups is 1. The molecule has 0 amide bonds. The van der Waals surface area contributed by atoms with E-state index < -0.39 is 0 Å². The minimum atomic E-state index is 0.329. The molecular weight excluding hydrogens is 266 g/mol. The van der Waals surface area contributed by atoms with Crippen LogP contribution in [0.15, 0.2) is 18.2 Å². The number of ether oxygens (including phenoxy) is 1. The van der Waals surface area contributed by atoms with Crippen LogP contribution in [0.5, 0.6) is 5.75 Å². The van der Waals surface area contributed by atoms with E-state index in [1.165, 1.54) is 11.3 Å². The highest BCUT2D eigenvalue weighted by Gasteiger charge is 2.18. The van der Waals surface area contributed by atoms with Crippen LogP contribution in [0, 0.1) is 0 Å². The van der Waals surface area contributed by atoms with Gasteiger partial charge >= 0.3 is 0 Å². The Morgan fingerprint density at radius 1 is 1.39 bits per heavy atom. The monoisotopic (exact) mass is 285 g/mol. The largest absolute Gasteiger partial charge is 0.488 e. The van der Waals surface area contributed by atoms with Crippen LogP contribution in [-0.2, 0) is 6.42 Å². The zero-order chi connectivity index (χ0) is 12.8. The highest BCUT2D eigenvalue weighted by atomic mass is 35.5. The molecule has 0 spiro atoms. The summed E-state index contributed by atoms with van der Waals surface area (Å²) in [5, 5.41) is 0.733. The molecule has 1 heterocycles. The highest BCUT2D eigenvalue weighted by Crippen LogP contribution is 2.30. The van der Waals surface area contributed by atoms with Gasteiger partial charge in [-0.2, -0.15) is 11.8 Å². The quantitative estimate of drug-likeness (QED) is 0.813. The fourth-order valence-corrected chi connectivity index (χ4v) is 3.40. The third kappa shape index (κ3) is 4.08. The van der Waals surface area contributed by atoms with Crippen molar-refractivity contribution in [2.24, 2.45) is 5.73 Å². The molecule has 1 atom stereocenters. The average molecular weight is 286 g/mol. The Hall–Kier alpha value is -0.380. The molecule has 1 fully saturated rings. The van der Waals surface area contributed by atoms with Gasteiger partial charge in [-0.15, -0.1) is 0 Å². The number of halogens is 1. The Labute approximate surface area is 118 Å².